The molecule has 238 valence electrons. The van der Waals surface area contributed by atoms with Crippen LogP contribution in [0.3, 0.4) is 0 Å². The summed E-state index contributed by atoms with van der Waals surface area (Å²) in [6.45, 7) is 8.14. The third-order valence-electron chi connectivity index (χ3n) is 9.64. The van der Waals surface area contributed by atoms with Gasteiger partial charge in [-0.2, -0.15) is 0 Å². The van der Waals surface area contributed by atoms with E-state index in [9.17, 15) is 24.5 Å². The average Bonchev–Trinajstić information content (AvgIpc) is 3.65. The molecule has 0 spiro atoms. The fourth-order valence-electron chi connectivity index (χ4n) is 7.33. The van der Waals surface area contributed by atoms with Crippen LogP contribution in [0.4, 0.5) is 11.4 Å². The predicted octanol–water partition coefficient (Wildman–Crippen LogP) is 5.84. The molecule has 3 fully saturated rings. The van der Waals surface area contributed by atoms with E-state index in [1.54, 1.807) is 24.3 Å². The zero-order chi connectivity index (χ0) is 32.4. The van der Waals surface area contributed by atoms with Crippen molar-refractivity contribution in [2.45, 2.75) is 64.4 Å². The number of imide groups is 1. The van der Waals surface area contributed by atoms with Gasteiger partial charge in [-0.15, -0.1) is 11.8 Å². The first-order chi connectivity index (χ1) is 21.4. The van der Waals surface area contributed by atoms with Crippen LogP contribution < -0.4 is 14.5 Å². The molecule has 0 unspecified atom stereocenters. The third-order valence-corrected chi connectivity index (χ3v) is 11.1. The molecule has 6 atom stereocenters. The first-order valence-electron chi connectivity index (χ1n) is 15.1. The lowest BCUT2D eigenvalue weighted by Crippen LogP contribution is -2.37. The molecule has 12 heteroatoms. The molecule has 0 aromatic heterocycles. The quantitative estimate of drug-likeness (QED) is 0.208. The fourth-order valence-corrected chi connectivity index (χ4v) is 9.09. The van der Waals surface area contributed by atoms with Crippen LogP contribution in [-0.4, -0.2) is 53.0 Å². The second-order valence-electron chi connectivity index (χ2n) is 13.1. The van der Waals surface area contributed by atoms with Crippen LogP contribution in [0, 0.1) is 33.3 Å². The summed E-state index contributed by atoms with van der Waals surface area (Å²) >= 11 is 1.44. The summed E-state index contributed by atoms with van der Waals surface area (Å²) in [5.74, 6) is -1.63. The van der Waals surface area contributed by atoms with Crippen LogP contribution >= 0.6 is 11.8 Å². The summed E-state index contributed by atoms with van der Waals surface area (Å²) in [4.78, 5) is 61.1. The van der Waals surface area contributed by atoms with E-state index >= 15 is 0 Å². The van der Waals surface area contributed by atoms with Crippen molar-refractivity contribution in [1.29, 1.82) is 0 Å². The Hall–Kier alpha value is -3.90. The summed E-state index contributed by atoms with van der Waals surface area (Å²) < 4.78 is 10.8. The SMILES string of the molecule is COc1cc([C@@H]2[C@@H]3C(=O)N(C4=C(C(C)=O)[C@@H]5CC[C@H](C(C)(C)C)C[C@H]5S4)C(=O)[C@@H]3ON2c2ccccc2)c([N+](=O)[O-])cc1OC. The highest BCUT2D eigenvalue weighted by Gasteiger charge is 2.63. The largest absolute Gasteiger partial charge is 0.493 e. The fraction of sp³-hybridized carbons (Fsp3) is 0.485. The van der Waals surface area contributed by atoms with Gasteiger partial charge in [0.1, 0.15) is 12.0 Å². The number of methoxy groups -OCH3 is 2. The summed E-state index contributed by atoms with van der Waals surface area (Å²) in [5.41, 5.74) is 0.967. The number of amides is 2. The Labute approximate surface area is 266 Å². The van der Waals surface area contributed by atoms with Gasteiger partial charge in [0.05, 0.1) is 41.5 Å². The summed E-state index contributed by atoms with van der Waals surface area (Å²) in [6.07, 6.45) is 1.39. The molecule has 2 aromatic rings. The monoisotopic (exact) mass is 635 g/mol. The van der Waals surface area contributed by atoms with Crippen LogP contribution in [0.15, 0.2) is 53.1 Å². The van der Waals surface area contributed by atoms with E-state index in [4.69, 9.17) is 14.3 Å². The van der Waals surface area contributed by atoms with E-state index in [0.29, 0.717) is 22.2 Å². The van der Waals surface area contributed by atoms with Crippen LogP contribution in [0.5, 0.6) is 11.5 Å². The maximum absolute atomic E-state index is 14.5. The predicted molar refractivity (Wildman–Crippen MR) is 167 cm³/mol. The number of para-hydroxylation sites is 1. The Bertz CT molecular complexity index is 1600. The summed E-state index contributed by atoms with van der Waals surface area (Å²) in [5, 5.41) is 14.3. The molecule has 0 N–H and O–H groups in total. The van der Waals surface area contributed by atoms with Gasteiger partial charge in [-0.05, 0) is 55.7 Å². The number of hydrogen-bond acceptors (Lipinski definition) is 10. The first kappa shape index (κ1) is 31.1. The highest BCUT2D eigenvalue weighted by molar-refractivity contribution is 8.04. The number of carbonyl (C=O) groups is 3. The zero-order valence-corrected chi connectivity index (χ0v) is 27.0. The molecule has 2 amide bonds. The van der Waals surface area contributed by atoms with Gasteiger partial charge in [0.15, 0.2) is 23.4 Å². The van der Waals surface area contributed by atoms with Crippen molar-refractivity contribution >= 4 is 40.7 Å². The Balaban J connectivity index is 1.45. The van der Waals surface area contributed by atoms with Gasteiger partial charge in [0.2, 0.25) is 5.91 Å². The lowest BCUT2D eigenvalue weighted by Gasteiger charge is -2.39. The Kier molecular flexibility index (Phi) is 7.93. The van der Waals surface area contributed by atoms with Crippen molar-refractivity contribution in [3.63, 3.8) is 0 Å². The number of anilines is 1. The standard InChI is InChI=1S/C33H37N3O8S/c1-17(37)26-20-13-12-18(33(2,3)4)14-25(20)45-32(26)34-30(38)27-28(21-15-23(42-5)24(43-6)16-22(21)36(40)41)35(44-29(27)31(34)39)19-10-8-7-9-11-19/h7-11,15-16,18,20,25,27-29H,12-14H2,1-6H3/t18-,20+,25+,27-,28+,29+/m0/s1. The minimum Gasteiger partial charge on any atom is -0.493 e. The number of likely N-dealkylation sites (tertiary alicyclic amines) is 1. The van der Waals surface area contributed by atoms with Crippen LogP contribution in [0.1, 0.15) is 58.6 Å². The van der Waals surface area contributed by atoms with E-state index in [0.717, 1.165) is 24.2 Å². The zero-order valence-electron chi connectivity index (χ0n) is 26.1. The van der Waals surface area contributed by atoms with Crippen molar-refractivity contribution in [2.75, 3.05) is 19.3 Å². The van der Waals surface area contributed by atoms with Gasteiger partial charge in [-0.3, -0.25) is 29.3 Å². The number of hydroxylamine groups is 1. The van der Waals surface area contributed by atoms with Crippen molar-refractivity contribution in [1.82, 2.24) is 4.90 Å². The lowest BCUT2D eigenvalue weighted by molar-refractivity contribution is -0.385. The number of nitro benzene ring substituents is 1. The van der Waals surface area contributed by atoms with E-state index in [1.165, 1.54) is 50.1 Å². The molecule has 3 heterocycles. The number of fused-ring (bicyclic) bond motifs is 2. The number of carbonyl (C=O) groups excluding carboxylic acids is 3. The van der Waals surface area contributed by atoms with Crippen molar-refractivity contribution in [2.24, 2.45) is 23.2 Å². The molecule has 2 saturated heterocycles. The molecule has 2 aromatic carbocycles. The molecule has 6 rings (SSSR count). The van der Waals surface area contributed by atoms with Gasteiger partial charge in [0, 0.05) is 16.7 Å². The highest BCUT2D eigenvalue weighted by atomic mass is 32.2. The molecule has 11 nitrogen and oxygen atoms in total. The number of nitro groups is 1. The normalized spacial score (nSPS) is 28.0. The molecule has 0 radical (unpaired) electrons. The number of ether oxygens (including phenoxy) is 2. The second-order valence-corrected chi connectivity index (χ2v) is 14.3. The summed E-state index contributed by atoms with van der Waals surface area (Å²) in [6, 6.07) is 10.5. The molecule has 0 bridgehead atoms. The van der Waals surface area contributed by atoms with Gasteiger partial charge in [0.25, 0.3) is 11.6 Å². The Morgan fingerprint density at radius 3 is 2.31 bits per heavy atom. The second kappa shape index (κ2) is 11.5. The van der Waals surface area contributed by atoms with E-state index in [-0.39, 0.29) is 45.1 Å². The number of allylic oxidation sites excluding steroid dienone is 1. The minimum atomic E-state index is -1.25. The number of ketones is 1. The Morgan fingerprint density at radius 2 is 1.71 bits per heavy atom. The molecular formula is C33H37N3O8S. The minimum absolute atomic E-state index is 0.0494. The first-order valence-corrected chi connectivity index (χ1v) is 16.0. The lowest BCUT2D eigenvalue weighted by atomic mass is 9.68. The topological polar surface area (TPSA) is 129 Å². The number of benzene rings is 2. The number of rotatable bonds is 7. The maximum Gasteiger partial charge on any atom is 0.278 e. The van der Waals surface area contributed by atoms with Gasteiger partial charge >= 0.3 is 0 Å². The molecule has 45 heavy (non-hydrogen) atoms. The van der Waals surface area contributed by atoms with E-state index < -0.39 is 34.8 Å². The summed E-state index contributed by atoms with van der Waals surface area (Å²) in [7, 11) is 2.79. The maximum atomic E-state index is 14.5. The average molecular weight is 636 g/mol. The van der Waals surface area contributed by atoms with Gasteiger partial charge in [-0.25, -0.2) is 9.96 Å². The van der Waals surface area contributed by atoms with E-state index in [1.807, 2.05) is 6.07 Å². The Morgan fingerprint density at radius 1 is 1.04 bits per heavy atom. The van der Waals surface area contributed by atoms with Crippen molar-refractivity contribution < 1.29 is 33.6 Å². The van der Waals surface area contributed by atoms with E-state index in [2.05, 4.69) is 20.8 Å². The number of nitrogens with zero attached hydrogens (tertiary/aromatic N) is 3. The molecule has 1 aliphatic carbocycles. The number of hydrogen-bond donors (Lipinski definition) is 0. The van der Waals surface area contributed by atoms with Crippen molar-refractivity contribution in [3.05, 3.63) is 68.7 Å². The van der Waals surface area contributed by atoms with Crippen LogP contribution in [0.25, 0.3) is 0 Å². The molecule has 4 aliphatic rings. The molecular weight excluding hydrogens is 598 g/mol. The third kappa shape index (κ3) is 5.07. The number of Topliss-reactive ketones (excluding diaryl/α,β-unsaturated/α-hetero) is 1. The van der Waals surface area contributed by atoms with Crippen LogP contribution in [-0.2, 0) is 19.2 Å². The number of thioether (sulfide) groups is 1. The van der Waals surface area contributed by atoms with Crippen molar-refractivity contribution in [3.8, 4) is 11.5 Å². The van der Waals surface area contributed by atoms with Crippen LogP contribution in [0.2, 0.25) is 0 Å². The molecule has 3 aliphatic heterocycles. The smallest absolute Gasteiger partial charge is 0.278 e. The van der Waals surface area contributed by atoms with Gasteiger partial charge in [-0.1, -0.05) is 39.0 Å². The molecule has 1 saturated carbocycles. The highest BCUT2D eigenvalue weighted by Crippen LogP contribution is 2.57. The van der Waals surface area contributed by atoms with Gasteiger partial charge < -0.3 is 9.47 Å².